The van der Waals surface area contributed by atoms with Crippen molar-refractivity contribution in [3.63, 3.8) is 0 Å². The van der Waals surface area contributed by atoms with Crippen molar-refractivity contribution in [3.05, 3.63) is 12.7 Å². The summed E-state index contributed by atoms with van der Waals surface area (Å²) < 4.78 is 35.3. The van der Waals surface area contributed by atoms with Crippen LogP contribution >= 0.6 is 0 Å². The van der Waals surface area contributed by atoms with Crippen LogP contribution < -0.4 is 5.32 Å². The van der Waals surface area contributed by atoms with E-state index in [4.69, 9.17) is 5.11 Å². The van der Waals surface area contributed by atoms with Crippen LogP contribution in [0.5, 0.6) is 0 Å². The van der Waals surface area contributed by atoms with Crippen LogP contribution in [0.15, 0.2) is 12.7 Å². The number of rotatable bonds is 7. The normalized spacial score (nSPS) is 11.3. The zero-order valence-corrected chi connectivity index (χ0v) is 8.96. The van der Waals surface area contributed by atoms with E-state index < -0.39 is 37.7 Å². The fraction of sp³-hybridized carbons (Fsp3) is 0.556. The van der Waals surface area contributed by atoms with Gasteiger partial charge >= 0.3 is 12.1 Å². The highest BCUT2D eigenvalue weighted by atomic mass is 19.4. The lowest BCUT2D eigenvalue weighted by molar-refractivity contribution is -0.141. The van der Waals surface area contributed by atoms with Gasteiger partial charge in [0.25, 0.3) is 0 Å². The number of carboxylic acid groups (broad SMARTS) is 1. The number of hydrogen-bond donors (Lipinski definition) is 2. The Labute approximate surface area is 95.9 Å². The van der Waals surface area contributed by atoms with Crippen LogP contribution in [0.4, 0.5) is 13.2 Å². The van der Waals surface area contributed by atoms with Crippen molar-refractivity contribution in [2.75, 3.05) is 26.2 Å². The lowest BCUT2D eigenvalue weighted by Gasteiger charge is -2.17. The molecule has 98 valence electrons. The number of nitrogens with zero attached hydrogens (tertiary/aromatic N) is 1. The van der Waals surface area contributed by atoms with E-state index in [2.05, 4.69) is 6.58 Å². The molecule has 0 unspecified atom stereocenters. The van der Waals surface area contributed by atoms with Crippen molar-refractivity contribution >= 4 is 11.9 Å². The number of hydrogen-bond acceptors (Lipinski definition) is 3. The van der Waals surface area contributed by atoms with Gasteiger partial charge in [-0.15, -0.1) is 6.58 Å². The standard InChI is InChI=1S/C9H13F3N2O3/c1-2-3-14(5-8(16)17)4-7(15)13-6-9(10,11)12/h2H,1,3-6H2,(H,13,15)(H,16,17). The van der Waals surface area contributed by atoms with Crippen molar-refractivity contribution in [2.45, 2.75) is 6.18 Å². The van der Waals surface area contributed by atoms with Crippen LogP contribution in [0.2, 0.25) is 0 Å². The number of carboxylic acids is 1. The summed E-state index contributed by atoms with van der Waals surface area (Å²) in [5.41, 5.74) is 0. The van der Waals surface area contributed by atoms with E-state index in [-0.39, 0.29) is 6.54 Å². The molecule has 5 nitrogen and oxygen atoms in total. The number of aliphatic carboxylic acids is 1. The first-order valence-corrected chi connectivity index (χ1v) is 4.63. The van der Waals surface area contributed by atoms with Crippen molar-refractivity contribution in [1.82, 2.24) is 10.2 Å². The van der Waals surface area contributed by atoms with Gasteiger partial charge in [0.2, 0.25) is 5.91 Å². The maximum atomic E-state index is 11.8. The van der Waals surface area contributed by atoms with Crippen molar-refractivity contribution in [2.24, 2.45) is 0 Å². The quantitative estimate of drug-likeness (QED) is 0.638. The van der Waals surface area contributed by atoms with Gasteiger partial charge in [0.1, 0.15) is 6.54 Å². The lowest BCUT2D eigenvalue weighted by Crippen LogP contribution is -2.42. The SMILES string of the molecule is C=CCN(CC(=O)O)CC(=O)NCC(F)(F)F. The molecule has 0 saturated carbocycles. The summed E-state index contributed by atoms with van der Waals surface area (Å²) in [6.07, 6.45) is -3.12. The third-order valence-corrected chi connectivity index (χ3v) is 1.60. The first-order chi connectivity index (χ1) is 7.74. The molecule has 8 heteroatoms. The molecule has 1 amide bonds. The smallest absolute Gasteiger partial charge is 0.405 e. The van der Waals surface area contributed by atoms with Gasteiger partial charge in [-0.2, -0.15) is 13.2 Å². The minimum atomic E-state index is -4.48. The first kappa shape index (κ1) is 15.4. The molecule has 0 aromatic carbocycles. The van der Waals surface area contributed by atoms with Gasteiger partial charge in [0.05, 0.1) is 13.1 Å². The van der Waals surface area contributed by atoms with Gasteiger partial charge in [-0.25, -0.2) is 0 Å². The maximum Gasteiger partial charge on any atom is 0.405 e. The molecule has 0 bridgehead atoms. The molecule has 0 aliphatic heterocycles. The summed E-state index contributed by atoms with van der Waals surface area (Å²) >= 11 is 0. The van der Waals surface area contributed by atoms with E-state index >= 15 is 0 Å². The second kappa shape index (κ2) is 6.89. The highest BCUT2D eigenvalue weighted by Gasteiger charge is 2.27. The van der Waals surface area contributed by atoms with Crippen LogP contribution in [0.3, 0.4) is 0 Å². The summed E-state index contributed by atoms with van der Waals surface area (Å²) in [6, 6.07) is 0. The molecular weight excluding hydrogens is 241 g/mol. The van der Waals surface area contributed by atoms with Gasteiger partial charge < -0.3 is 10.4 Å². The number of halogens is 3. The number of amides is 1. The van der Waals surface area contributed by atoms with E-state index in [1.165, 1.54) is 6.08 Å². The molecule has 0 heterocycles. The van der Waals surface area contributed by atoms with E-state index in [0.717, 1.165) is 4.90 Å². The van der Waals surface area contributed by atoms with Gasteiger partial charge in [-0.1, -0.05) is 6.08 Å². The molecule has 0 aliphatic carbocycles. The second-order valence-corrected chi connectivity index (χ2v) is 3.24. The summed E-state index contributed by atoms with van der Waals surface area (Å²) in [4.78, 5) is 22.6. The summed E-state index contributed by atoms with van der Waals surface area (Å²) in [7, 11) is 0. The number of carbonyl (C=O) groups excluding carboxylic acids is 1. The van der Waals surface area contributed by atoms with Crippen molar-refractivity contribution in [3.8, 4) is 0 Å². The van der Waals surface area contributed by atoms with Crippen molar-refractivity contribution in [1.29, 1.82) is 0 Å². The number of alkyl halides is 3. The number of carbonyl (C=O) groups is 2. The molecule has 0 atom stereocenters. The summed E-state index contributed by atoms with van der Waals surface area (Å²) in [6.45, 7) is 1.17. The molecule has 0 radical (unpaired) electrons. The third-order valence-electron chi connectivity index (χ3n) is 1.60. The monoisotopic (exact) mass is 254 g/mol. The minimum absolute atomic E-state index is 0.103. The van der Waals surface area contributed by atoms with Gasteiger partial charge in [0, 0.05) is 6.54 Å². The Morgan fingerprint density at radius 2 is 1.94 bits per heavy atom. The largest absolute Gasteiger partial charge is 0.480 e. The van der Waals surface area contributed by atoms with Crippen LogP contribution in [0.1, 0.15) is 0 Å². The highest BCUT2D eigenvalue weighted by molar-refractivity contribution is 5.79. The molecule has 0 aromatic heterocycles. The maximum absolute atomic E-state index is 11.8. The Balaban J connectivity index is 4.12. The minimum Gasteiger partial charge on any atom is -0.480 e. The molecule has 0 aliphatic rings. The molecule has 17 heavy (non-hydrogen) atoms. The Hall–Kier alpha value is -1.57. The Morgan fingerprint density at radius 1 is 1.35 bits per heavy atom. The topological polar surface area (TPSA) is 69.6 Å². The lowest BCUT2D eigenvalue weighted by atomic mass is 10.4. The van der Waals surface area contributed by atoms with Gasteiger partial charge in [-0.3, -0.25) is 14.5 Å². The zero-order valence-electron chi connectivity index (χ0n) is 8.96. The van der Waals surface area contributed by atoms with E-state index in [0.29, 0.717) is 0 Å². The summed E-state index contributed by atoms with van der Waals surface area (Å²) in [5.74, 6) is -2.05. The number of nitrogens with one attached hydrogen (secondary N) is 1. The fourth-order valence-corrected chi connectivity index (χ4v) is 1.02. The van der Waals surface area contributed by atoms with Gasteiger partial charge in [0.15, 0.2) is 0 Å². The highest BCUT2D eigenvalue weighted by Crippen LogP contribution is 2.11. The molecule has 2 N–H and O–H groups in total. The second-order valence-electron chi connectivity index (χ2n) is 3.24. The van der Waals surface area contributed by atoms with Gasteiger partial charge in [-0.05, 0) is 0 Å². The van der Waals surface area contributed by atoms with E-state index in [1.807, 2.05) is 0 Å². The Morgan fingerprint density at radius 3 is 2.35 bits per heavy atom. The predicted molar refractivity (Wildman–Crippen MR) is 53.3 cm³/mol. The summed E-state index contributed by atoms with van der Waals surface area (Å²) in [5, 5.41) is 10.1. The molecular formula is C9H13F3N2O3. The fourth-order valence-electron chi connectivity index (χ4n) is 1.02. The average Bonchev–Trinajstić information content (AvgIpc) is 2.13. The molecule has 0 aromatic rings. The van der Waals surface area contributed by atoms with Crippen molar-refractivity contribution < 1.29 is 27.9 Å². The molecule has 0 fully saturated rings. The third kappa shape index (κ3) is 9.36. The Bertz CT molecular complexity index is 292. The van der Waals surface area contributed by atoms with Crippen LogP contribution in [-0.2, 0) is 9.59 Å². The predicted octanol–water partition coefficient (Wildman–Crippen LogP) is 0.237. The van der Waals surface area contributed by atoms with E-state index in [1.54, 1.807) is 5.32 Å². The Kier molecular flexibility index (Phi) is 6.26. The molecule has 0 spiro atoms. The molecule has 0 saturated heterocycles. The first-order valence-electron chi connectivity index (χ1n) is 4.63. The molecule has 0 rings (SSSR count). The zero-order chi connectivity index (χ0) is 13.5. The van der Waals surface area contributed by atoms with E-state index in [9.17, 15) is 22.8 Å². The van der Waals surface area contributed by atoms with Crippen LogP contribution in [0.25, 0.3) is 0 Å². The van der Waals surface area contributed by atoms with Crippen LogP contribution in [-0.4, -0.2) is 54.2 Å². The average molecular weight is 254 g/mol. The van der Waals surface area contributed by atoms with Crippen LogP contribution in [0, 0.1) is 0 Å².